The maximum Gasteiger partial charge on any atom is 0.184 e. The smallest absolute Gasteiger partial charge is 0.184 e. The van der Waals surface area contributed by atoms with Gasteiger partial charge in [-0.1, -0.05) is 40.2 Å². The lowest BCUT2D eigenvalue weighted by molar-refractivity contribution is 0.101. The van der Waals surface area contributed by atoms with Crippen molar-refractivity contribution in [3.8, 4) is 0 Å². The molecule has 0 aliphatic rings. The highest BCUT2D eigenvalue weighted by molar-refractivity contribution is 9.10. The van der Waals surface area contributed by atoms with E-state index in [4.69, 9.17) is 0 Å². The van der Waals surface area contributed by atoms with E-state index in [0.29, 0.717) is 0 Å². The van der Waals surface area contributed by atoms with Gasteiger partial charge in [0.2, 0.25) is 0 Å². The first-order chi connectivity index (χ1) is 10.6. The van der Waals surface area contributed by atoms with E-state index in [0.717, 1.165) is 26.6 Å². The van der Waals surface area contributed by atoms with Crippen LogP contribution in [0.3, 0.4) is 0 Å². The van der Waals surface area contributed by atoms with Crippen molar-refractivity contribution in [2.24, 2.45) is 7.05 Å². The predicted molar refractivity (Wildman–Crippen MR) is 94.6 cm³/mol. The summed E-state index contributed by atoms with van der Waals surface area (Å²) in [5.74, 6) is 0.0912. The van der Waals surface area contributed by atoms with Crippen LogP contribution in [-0.4, -0.2) is 16.9 Å². The Morgan fingerprint density at radius 3 is 2.77 bits per heavy atom. The van der Waals surface area contributed by atoms with Crippen molar-refractivity contribution in [2.45, 2.75) is 6.92 Å². The van der Waals surface area contributed by atoms with Crippen LogP contribution < -0.4 is 5.32 Å². The van der Waals surface area contributed by atoms with Crippen LogP contribution in [0.15, 0.2) is 53.1 Å². The van der Waals surface area contributed by atoms with Crippen molar-refractivity contribution in [3.63, 3.8) is 0 Å². The fraction of sp³-hybridized carbons (Fsp3) is 0.167. The summed E-state index contributed by atoms with van der Waals surface area (Å²) in [6.07, 6.45) is 1.90. The number of halogens is 1. The molecule has 3 nitrogen and oxygen atoms in total. The number of hydrogen-bond donors (Lipinski definition) is 1. The molecule has 4 heteroatoms. The minimum absolute atomic E-state index is 0.0912. The standard InChI is InChI=1S/C18H17BrN2O/c1-12-7-8-13(9-16(12)19)20-10-18(22)15-11-21(2)17-6-4-3-5-14(15)17/h3-9,11,20H,10H2,1-2H3. The van der Waals surface area contributed by atoms with Gasteiger partial charge in [0.15, 0.2) is 5.78 Å². The molecule has 1 aromatic heterocycles. The number of aryl methyl sites for hydroxylation is 2. The van der Waals surface area contributed by atoms with Gasteiger partial charge in [0, 0.05) is 39.9 Å². The van der Waals surface area contributed by atoms with Crippen molar-refractivity contribution in [1.82, 2.24) is 4.57 Å². The Morgan fingerprint density at radius 2 is 2.00 bits per heavy atom. The number of anilines is 1. The zero-order chi connectivity index (χ0) is 15.7. The Kier molecular flexibility index (Phi) is 4.03. The summed E-state index contributed by atoms with van der Waals surface area (Å²) in [5, 5.41) is 4.20. The van der Waals surface area contributed by atoms with Crippen LogP contribution in [-0.2, 0) is 7.05 Å². The Hall–Kier alpha value is -2.07. The van der Waals surface area contributed by atoms with Gasteiger partial charge in [-0.2, -0.15) is 0 Å². The third-order valence-electron chi connectivity index (χ3n) is 3.82. The molecule has 3 aromatic rings. The Balaban J connectivity index is 1.80. The van der Waals surface area contributed by atoms with E-state index in [1.54, 1.807) is 0 Å². The van der Waals surface area contributed by atoms with E-state index in [-0.39, 0.29) is 12.3 Å². The van der Waals surface area contributed by atoms with Gasteiger partial charge in [0.25, 0.3) is 0 Å². The van der Waals surface area contributed by atoms with Gasteiger partial charge >= 0.3 is 0 Å². The molecular weight excluding hydrogens is 340 g/mol. The molecule has 0 spiro atoms. The molecule has 0 aliphatic carbocycles. The first kappa shape index (κ1) is 14.9. The van der Waals surface area contributed by atoms with Gasteiger partial charge in [0.1, 0.15) is 0 Å². The fourth-order valence-corrected chi connectivity index (χ4v) is 2.92. The van der Waals surface area contributed by atoms with Crippen LogP contribution >= 0.6 is 15.9 Å². The Bertz CT molecular complexity index is 851. The van der Waals surface area contributed by atoms with Crippen molar-refractivity contribution in [1.29, 1.82) is 0 Å². The molecule has 1 N–H and O–H groups in total. The lowest BCUT2D eigenvalue weighted by atomic mass is 10.1. The highest BCUT2D eigenvalue weighted by Gasteiger charge is 2.13. The highest BCUT2D eigenvalue weighted by atomic mass is 79.9. The summed E-state index contributed by atoms with van der Waals surface area (Å²) in [4.78, 5) is 12.5. The Morgan fingerprint density at radius 1 is 1.23 bits per heavy atom. The number of benzene rings is 2. The van der Waals surface area contributed by atoms with E-state index in [1.165, 1.54) is 5.56 Å². The zero-order valence-corrected chi connectivity index (χ0v) is 14.1. The Labute approximate surface area is 138 Å². The molecule has 0 aliphatic heterocycles. The topological polar surface area (TPSA) is 34.0 Å². The van der Waals surface area contributed by atoms with Gasteiger partial charge in [-0.25, -0.2) is 0 Å². The molecule has 0 fully saturated rings. The molecule has 2 aromatic carbocycles. The average Bonchev–Trinajstić information content (AvgIpc) is 2.86. The lowest BCUT2D eigenvalue weighted by Crippen LogP contribution is -2.13. The molecular formula is C18H17BrN2O. The van der Waals surface area contributed by atoms with Crippen LogP contribution in [0, 0.1) is 6.92 Å². The molecule has 3 rings (SSSR count). The number of nitrogens with zero attached hydrogens (tertiary/aromatic N) is 1. The van der Waals surface area contributed by atoms with Crippen molar-refractivity contribution in [3.05, 3.63) is 64.3 Å². The zero-order valence-electron chi connectivity index (χ0n) is 12.6. The summed E-state index contributed by atoms with van der Waals surface area (Å²) in [5.41, 5.74) is 3.94. The van der Waals surface area contributed by atoms with Crippen LogP contribution in [0.5, 0.6) is 0 Å². The number of nitrogens with one attached hydrogen (secondary N) is 1. The summed E-state index contributed by atoms with van der Waals surface area (Å²) >= 11 is 3.51. The molecule has 0 amide bonds. The number of rotatable bonds is 4. The normalized spacial score (nSPS) is 10.9. The van der Waals surface area contributed by atoms with Crippen LogP contribution in [0.2, 0.25) is 0 Å². The number of para-hydroxylation sites is 1. The quantitative estimate of drug-likeness (QED) is 0.696. The number of carbonyl (C=O) groups excluding carboxylic acids is 1. The van der Waals surface area contributed by atoms with Gasteiger partial charge in [-0.15, -0.1) is 0 Å². The van der Waals surface area contributed by atoms with E-state index in [1.807, 2.05) is 67.2 Å². The van der Waals surface area contributed by atoms with E-state index < -0.39 is 0 Å². The summed E-state index contributed by atoms with van der Waals surface area (Å²) in [6, 6.07) is 14.0. The first-order valence-electron chi connectivity index (χ1n) is 7.13. The third-order valence-corrected chi connectivity index (χ3v) is 4.68. The van der Waals surface area contributed by atoms with E-state index >= 15 is 0 Å². The molecule has 0 saturated carbocycles. The second-order valence-electron chi connectivity index (χ2n) is 5.41. The summed E-state index contributed by atoms with van der Waals surface area (Å²) < 4.78 is 3.03. The van der Waals surface area contributed by atoms with Gasteiger partial charge < -0.3 is 9.88 Å². The van der Waals surface area contributed by atoms with Gasteiger partial charge in [-0.3, -0.25) is 4.79 Å². The van der Waals surface area contributed by atoms with Gasteiger partial charge in [-0.05, 0) is 30.7 Å². The SMILES string of the molecule is Cc1ccc(NCC(=O)c2cn(C)c3ccccc23)cc1Br. The minimum atomic E-state index is 0.0912. The average molecular weight is 357 g/mol. The van der Waals surface area contributed by atoms with Crippen molar-refractivity contribution >= 4 is 38.3 Å². The number of fused-ring (bicyclic) bond motifs is 1. The molecule has 0 bridgehead atoms. The number of Topliss-reactive ketones (excluding diaryl/α,β-unsaturated/α-hetero) is 1. The van der Waals surface area contributed by atoms with Gasteiger partial charge in [0.05, 0.1) is 6.54 Å². The number of aromatic nitrogens is 1. The van der Waals surface area contributed by atoms with Crippen LogP contribution in [0.1, 0.15) is 15.9 Å². The van der Waals surface area contributed by atoms with E-state index in [9.17, 15) is 4.79 Å². The molecule has 0 saturated heterocycles. The first-order valence-corrected chi connectivity index (χ1v) is 7.93. The minimum Gasteiger partial charge on any atom is -0.378 e. The lowest BCUT2D eigenvalue weighted by Gasteiger charge is -2.07. The summed E-state index contributed by atoms with van der Waals surface area (Å²) in [7, 11) is 1.96. The maximum absolute atomic E-state index is 12.5. The number of carbonyl (C=O) groups is 1. The molecule has 1 heterocycles. The van der Waals surface area contributed by atoms with E-state index in [2.05, 4.69) is 21.2 Å². The monoisotopic (exact) mass is 356 g/mol. The molecule has 0 radical (unpaired) electrons. The molecule has 22 heavy (non-hydrogen) atoms. The van der Waals surface area contributed by atoms with Crippen LogP contribution in [0.25, 0.3) is 10.9 Å². The predicted octanol–water partition coefficient (Wildman–Crippen LogP) is 4.54. The number of hydrogen-bond acceptors (Lipinski definition) is 2. The third kappa shape index (κ3) is 2.79. The second-order valence-corrected chi connectivity index (χ2v) is 6.27. The largest absolute Gasteiger partial charge is 0.378 e. The van der Waals surface area contributed by atoms with Crippen molar-refractivity contribution in [2.75, 3.05) is 11.9 Å². The summed E-state index contributed by atoms with van der Waals surface area (Å²) in [6.45, 7) is 2.32. The van der Waals surface area contributed by atoms with Crippen molar-refractivity contribution < 1.29 is 4.79 Å². The maximum atomic E-state index is 12.5. The molecule has 0 atom stereocenters. The highest BCUT2D eigenvalue weighted by Crippen LogP contribution is 2.22. The number of ketones is 1. The molecule has 0 unspecified atom stereocenters. The molecule has 112 valence electrons. The second kappa shape index (κ2) is 5.97. The van der Waals surface area contributed by atoms with Crippen LogP contribution in [0.4, 0.5) is 5.69 Å². The fourth-order valence-electron chi connectivity index (χ4n) is 2.54.